The molecule has 72 heteroatoms. The summed E-state index contributed by atoms with van der Waals surface area (Å²) < 4.78 is 437. The van der Waals surface area contributed by atoms with Gasteiger partial charge in [-0.25, -0.2) is 4.79 Å². The third-order valence-corrected chi connectivity index (χ3v) is 267. The molecule has 0 heterocycles. The summed E-state index contributed by atoms with van der Waals surface area (Å²) in [6.07, 6.45) is 0.141. The molecule has 0 bridgehead atoms. The Morgan fingerprint density at radius 3 is 0.679 bits per heavy atom. The molecule has 415 valence electrons. The largest absolute Gasteiger partial charge is 0.578 e. The van der Waals surface area contributed by atoms with Crippen LogP contribution in [0.1, 0.15) is 13.3 Å². The van der Waals surface area contributed by atoms with E-state index in [0.29, 0.717) is 0 Å². The number of carbonyl (C=O) groups excluding carboxylic acids is 1. The van der Waals surface area contributed by atoms with E-state index in [4.69, 9.17) is 8.85 Å². The average Bonchev–Trinajstić information content (AvgIpc) is 3.44. The SMILES string of the molecule is C=C(C)C(=O)OCCC[Si](C)(C)O[Si](=O)[Si](=O)[Si](=O)[Si](=O)[Si](=O)[Si](=O)[Si](=O)[Si](=O)[Si](=O)[Si](=O)[Si](=O)[Si](=O)[Si](=O)[Si](=O)[Si](=O)[Si](=O)[Si](=O)[Si](=O)[Si](=O)[Si](=O)[Si](=O)[Si](=O)[Si](=O)[Si](=O)[Si](=O)[Si](=O)[Si](=O)[Si](=O)[Si](=O)[Si](=O)[Si](=O)[Si](=O)[Si](=O)[Si]=O. The summed E-state index contributed by atoms with van der Waals surface area (Å²) in [7, 11) is -154. The first kappa shape index (κ1) is 80.8. The Bertz CT molecular complexity index is 3460. The van der Waals surface area contributed by atoms with Gasteiger partial charge in [-0.1, -0.05) is 6.58 Å². The molecule has 0 fully saturated rings. The van der Waals surface area contributed by atoms with Crippen LogP contribution in [0.5, 0.6) is 0 Å². The minimum absolute atomic E-state index is 0.0873. The van der Waals surface area contributed by atoms with Gasteiger partial charge in [-0.05, 0) is 32.5 Å². The fourth-order valence-corrected chi connectivity index (χ4v) is 386. The zero-order chi connectivity index (χ0) is 63.9. The van der Waals surface area contributed by atoms with Gasteiger partial charge in [0.05, 0.1) is 6.61 Å². The number of ether oxygens (including phenoxy) is 1. The van der Waals surface area contributed by atoms with Crippen LogP contribution in [-0.4, -0.2) is 285 Å². The number of esters is 1. The van der Waals surface area contributed by atoms with E-state index in [-0.39, 0.29) is 24.6 Å². The second-order valence-corrected chi connectivity index (χ2v) is 179. The summed E-state index contributed by atoms with van der Waals surface area (Å²) in [6.45, 7) is 7.50. The van der Waals surface area contributed by atoms with Crippen LogP contribution < -0.4 is 0 Å². The molecule has 81 heavy (non-hydrogen) atoms. The van der Waals surface area contributed by atoms with Crippen LogP contribution in [0.4, 0.5) is 0 Å². The maximum absolute atomic E-state index is 12.8. The number of hydrogen-bond acceptors (Lipinski definition) is 37. The van der Waals surface area contributed by atoms with Crippen molar-refractivity contribution in [3.63, 3.8) is 0 Å². The van der Waals surface area contributed by atoms with Crippen molar-refractivity contribution in [2.24, 2.45) is 0 Å². The van der Waals surface area contributed by atoms with Crippen LogP contribution >= 0.6 is 0 Å². The fraction of sp³-hybridized carbons (Fsp3) is 0.667. The molecule has 0 spiro atoms. The Morgan fingerprint density at radius 1 is 0.333 bits per heavy atom. The molecule has 0 aliphatic carbocycles. The summed E-state index contributed by atoms with van der Waals surface area (Å²) in [5.41, 5.74) is 0.0873. The molecule has 1 radical (unpaired) electrons. The molecule has 0 rings (SSSR count). The first-order chi connectivity index (χ1) is 36.9. The smallest absolute Gasteiger partial charge is 0.532 e. The summed E-state index contributed by atoms with van der Waals surface area (Å²) >= 11 is 0. The molecular formula is C9H17O37Si35. The molecular weight excluding hydrogens is 1680 g/mol. The van der Waals surface area contributed by atoms with Gasteiger partial charge in [0.1, 0.15) is 0 Å². The van der Waals surface area contributed by atoms with Crippen molar-refractivity contribution in [2.75, 3.05) is 6.61 Å². The van der Waals surface area contributed by atoms with E-state index >= 15 is 0 Å². The van der Waals surface area contributed by atoms with Crippen LogP contribution in [0, 0.1) is 0 Å². The third kappa shape index (κ3) is 22.4. The molecule has 0 aromatic heterocycles. The zero-order valence-corrected chi connectivity index (χ0v) is 74.4. The predicted octanol–water partition coefficient (Wildman–Crippen LogP) is -14.8. The van der Waals surface area contributed by atoms with Gasteiger partial charge in [-0.15, -0.1) is 0 Å². The number of carbonyl (C=O) groups is 1. The highest BCUT2D eigenvalue weighted by atomic mass is 30.1. The standard InChI is InChI=1S/C9H17O37Si35/c1-8(2)9(10)45-6-5-7-81(3,4)46-48(12)50(14)52(16)54(18)56(20)58(22)60(24)62(26)64(28)66(30)68(32)70(34)72(36)74(38)76(40)78(42)80(44)79(43)77(41)75(39)73(37)71(35)69(33)67(31)65(29)63(27)61(25)59(23)57(21)55(19)53(17)51(15)49(13)47-11/h1,5-7H2,2-4H3. The maximum atomic E-state index is 12.8. The predicted molar refractivity (Wildman–Crippen MR) is 273 cm³/mol. The van der Waals surface area contributed by atoms with Crippen molar-refractivity contribution in [1.82, 2.24) is 0 Å². The highest BCUT2D eigenvalue weighted by Crippen LogP contribution is 2.14. The van der Waals surface area contributed by atoms with Crippen molar-refractivity contribution in [3.8, 4) is 0 Å². The van der Waals surface area contributed by atoms with Crippen LogP contribution in [-0.2, 0) is 165 Å². The molecule has 37 nitrogen and oxygen atoms in total. The maximum Gasteiger partial charge on any atom is 0.532 e. The van der Waals surface area contributed by atoms with E-state index in [9.17, 15) is 157 Å². The number of hydrogen-bond donors (Lipinski definition) is 0. The van der Waals surface area contributed by atoms with Crippen molar-refractivity contribution in [1.29, 1.82) is 0 Å². The summed E-state index contributed by atoms with van der Waals surface area (Å²) in [5, 5.41) is 0. The Labute approximate surface area is 490 Å². The zero-order valence-electron chi connectivity index (χ0n) is 39.4. The fourth-order valence-electron chi connectivity index (χ4n) is 4.37. The van der Waals surface area contributed by atoms with Gasteiger partial charge in [0, 0.05) is 5.57 Å². The van der Waals surface area contributed by atoms with Gasteiger partial charge in [0.2, 0.25) is 8.32 Å². The van der Waals surface area contributed by atoms with Gasteiger partial charge < -0.3 is 161 Å². The van der Waals surface area contributed by atoms with E-state index in [1.807, 2.05) is 0 Å². The quantitative estimate of drug-likeness (QED) is 0.0238. The molecule has 0 amide bonds. The Hall–Kier alpha value is -0.199. The third-order valence-electron chi connectivity index (χ3n) is 8.54. The van der Waals surface area contributed by atoms with Gasteiger partial charge in [-0.3, -0.25) is 0 Å². The lowest BCUT2D eigenvalue weighted by Gasteiger charge is -2.22. The van der Waals surface area contributed by atoms with Crippen LogP contribution in [0.15, 0.2) is 12.2 Å². The van der Waals surface area contributed by atoms with Crippen LogP contribution in [0.2, 0.25) is 19.1 Å². The lowest BCUT2D eigenvalue weighted by Crippen LogP contribution is -2.58. The van der Waals surface area contributed by atoms with Crippen molar-refractivity contribution < 1.29 is 165 Å². The highest BCUT2D eigenvalue weighted by Gasteiger charge is 2.59. The van der Waals surface area contributed by atoms with E-state index in [0.717, 1.165) is 0 Å². The lowest BCUT2D eigenvalue weighted by molar-refractivity contribution is -0.138. The van der Waals surface area contributed by atoms with Crippen LogP contribution in [0.25, 0.3) is 0 Å². The molecule has 0 atom stereocenters. The molecule has 0 aromatic rings. The van der Waals surface area contributed by atoms with E-state index < -0.39 is 279 Å². The molecule has 0 N–H and O–H groups in total. The monoisotopic (exact) mass is 1700 g/mol. The normalized spacial score (nSPS) is 10.1. The Kier molecular flexibility index (Phi) is 36.2. The number of rotatable bonds is 40. The molecule has 0 aliphatic rings. The summed E-state index contributed by atoms with van der Waals surface area (Å²) in [5.74, 6) is -0.719. The Balaban J connectivity index is 5.86. The van der Waals surface area contributed by atoms with Gasteiger partial charge >= 0.3 is 270 Å². The molecule has 0 aromatic carbocycles. The van der Waals surface area contributed by atoms with Gasteiger partial charge in [0.25, 0.3) is 0 Å². The summed E-state index contributed by atoms with van der Waals surface area (Å²) in [4.78, 5) is 11.5. The average molecular weight is 1700 g/mol. The molecule has 0 saturated carbocycles. The highest BCUT2D eigenvalue weighted by molar-refractivity contribution is 7.85. The van der Waals surface area contributed by atoms with Crippen LogP contribution in [0.3, 0.4) is 0 Å². The van der Waals surface area contributed by atoms with Crippen molar-refractivity contribution in [2.45, 2.75) is 32.5 Å². The van der Waals surface area contributed by atoms with E-state index in [2.05, 4.69) is 6.58 Å². The second-order valence-electron chi connectivity index (χ2n) is 14.8. The lowest BCUT2D eigenvalue weighted by atomic mass is 10.4. The first-order valence-electron chi connectivity index (χ1n) is 19.8. The first-order valence-corrected chi connectivity index (χ1v) is 103. The van der Waals surface area contributed by atoms with Gasteiger partial charge in [-0.2, -0.15) is 0 Å². The van der Waals surface area contributed by atoms with E-state index in [1.165, 1.54) is 20.0 Å². The minimum atomic E-state index is -4.79. The Morgan fingerprint density at radius 2 is 0.506 bits per heavy atom. The topological polar surface area (TPSA) is 616 Å². The molecule has 0 aliphatic heterocycles. The summed E-state index contributed by atoms with van der Waals surface area (Å²) in [6, 6.07) is 0.111. The van der Waals surface area contributed by atoms with Crippen molar-refractivity contribution >= 4 is 279 Å². The van der Waals surface area contributed by atoms with Crippen molar-refractivity contribution in [3.05, 3.63) is 12.2 Å². The van der Waals surface area contributed by atoms with Gasteiger partial charge in [0.15, 0.2) is 0 Å². The minimum Gasteiger partial charge on any atom is -0.578 e. The van der Waals surface area contributed by atoms with E-state index in [1.54, 1.807) is 0 Å². The molecule has 0 saturated heterocycles. The molecule has 0 unspecified atom stereocenters. The second kappa shape index (κ2) is 36.3.